The third-order valence-electron chi connectivity index (χ3n) is 4.50. The van der Waals surface area contributed by atoms with Gasteiger partial charge in [-0.3, -0.25) is 9.48 Å². The van der Waals surface area contributed by atoms with Gasteiger partial charge in [0.25, 0.3) is 5.91 Å². The van der Waals surface area contributed by atoms with Crippen molar-refractivity contribution >= 4 is 16.8 Å². The smallest absolute Gasteiger partial charge is 0.274 e. The molecule has 4 rings (SSSR count). The Bertz CT molecular complexity index is 855. The predicted molar refractivity (Wildman–Crippen MR) is 84.7 cm³/mol. The van der Waals surface area contributed by atoms with Crippen molar-refractivity contribution in [3.05, 3.63) is 53.0 Å². The zero-order valence-corrected chi connectivity index (χ0v) is 12.8. The van der Waals surface area contributed by atoms with Gasteiger partial charge >= 0.3 is 0 Å². The molecule has 0 bridgehead atoms. The fourth-order valence-electron chi connectivity index (χ4n) is 3.19. The molecule has 0 unspecified atom stereocenters. The molecule has 112 valence electrons. The molecule has 3 aromatic rings. The van der Waals surface area contributed by atoms with E-state index >= 15 is 0 Å². The highest BCUT2D eigenvalue weighted by molar-refractivity contribution is 5.93. The second-order valence-electron chi connectivity index (χ2n) is 5.90. The fourth-order valence-corrected chi connectivity index (χ4v) is 3.19. The predicted octanol–water partition coefficient (Wildman–Crippen LogP) is 2.41. The fraction of sp³-hybridized carbons (Fsp3) is 0.294. The first-order valence-corrected chi connectivity index (χ1v) is 7.52. The zero-order chi connectivity index (χ0) is 15.3. The van der Waals surface area contributed by atoms with Crippen LogP contribution in [0.1, 0.15) is 27.4 Å². The number of amides is 1. The summed E-state index contributed by atoms with van der Waals surface area (Å²) in [5, 5.41) is 5.58. The monoisotopic (exact) mass is 294 g/mol. The highest BCUT2D eigenvalue weighted by Crippen LogP contribution is 2.27. The van der Waals surface area contributed by atoms with Crippen LogP contribution in [0.25, 0.3) is 10.9 Å². The summed E-state index contributed by atoms with van der Waals surface area (Å²) in [5.41, 5.74) is 5.16. The van der Waals surface area contributed by atoms with Crippen LogP contribution in [-0.4, -0.2) is 32.1 Å². The number of benzene rings is 1. The Balaban J connectivity index is 1.65. The molecule has 5 heteroatoms. The summed E-state index contributed by atoms with van der Waals surface area (Å²) in [5.74, 6) is 0.00741. The molecule has 0 spiro atoms. The van der Waals surface area contributed by atoms with Crippen molar-refractivity contribution in [2.75, 3.05) is 6.54 Å². The van der Waals surface area contributed by atoms with Crippen LogP contribution < -0.4 is 0 Å². The van der Waals surface area contributed by atoms with E-state index in [1.54, 1.807) is 4.68 Å². The van der Waals surface area contributed by atoms with Crippen LogP contribution in [0.5, 0.6) is 0 Å². The van der Waals surface area contributed by atoms with E-state index in [1.165, 1.54) is 10.9 Å². The van der Waals surface area contributed by atoms with Crippen LogP contribution >= 0.6 is 0 Å². The number of hydrogen-bond donors (Lipinski definition) is 1. The maximum Gasteiger partial charge on any atom is 0.274 e. The minimum Gasteiger partial charge on any atom is -0.357 e. The summed E-state index contributed by atoms with van der Waals surface area (Å²) >= 11 is 0. The first-order valence-electron chi connectivity index (χ1n) is 7.52. The number of hydrogen-bond acceptors (Lipinski definition) is 2. The van der Waals surface area contributed by atoms with Crippen LogP contribution in [0.3, 0.4) is 0 Å². The van der Waals surface area contributed by atoms with Crippen molar-refractivity contribution in [2.24, 2.45) is 7.05 Å². The minimum atomic E-state index is 0.00741. The van der Waals surface area contributed by atoms with Crippen LogP contribution in [0, 0.1) is 6.92 Å². The molecule has 5 nitrogen and oxygen atoms in total. The van der Waals surface area contributed by atoms with E-state index in [9.17, 15) is 4.79 Å². The van der Waals surface area contributed by atoms with E-state index < -0.39 is 0 Å². The maximum atomic E-state index is 12.6. The van der Waals surface area contributed by atoms with Gasteiger partial charge in [-0.2, -0.15) is 5.10 Å². The third kappa shape index (κ3) is 1.93. The van der Waals surface area contributed by atoms with Gasteiger partial charge in [-0.05, 0) is 31.0 Å². The van der Waals surface area contributed by atoms with Gasteiger partial charge in [0, 0.05) is 35.9 Å². The normalized spacial score (nSPS) is 14.4. The standard InChI is InChI=1S/C17H18N4O/c1-11-9-15(19-20(11)2)17(22)21-8-7-13-12-5-3-4-6-14(12)18-16(13)10-21/h3-6,9,18H,7-8,10H2,1-2H3. The van der Waals surface area contributed by atoms with Gasteiger partial charge < -0.3 is 9.88 Å². The van der Waals surface area contributed by atoms with Crippen molar-refractivity contribution in [1.82, 2.24) is 19.7 Å². The highest BCUT2D eigenvalue weighted by Gasteiger charge is 2.26. The number of para-hydroxylation sites is 1. The number of rotatable bonds is 1. The van der Waals surface area contributed by atoms with Gasteiger partial charge in [0.05, 0.1) is 6.54 Å². The summed E-state index contributed by atoms with van der Waals surface area (Å²) < 4.78 is 1.74. The molecule has 2 aromatic heterocycles. The number of carbonyl (C=O) groups excluding carboxylic acids is 1. The minimum absolute atomic E-state index is 0.00741. The summed E-state index contributed by atoms with van der Waals surface area (Å²) in [6.45, 7) is 3.32. The number of aryl methyl sites for hydroxylation is 2. The largest absolute Gasteiger partial charge is 0.357 e. The molecule has 1 N–H and O–H groups in total. The average molecular weight is 294 g/mol. The first kappa shape index (κ1) is 13.1. The van der Waals surface area contributed by atoms with Crippen LogP contribution in [0.4, 0.5) is 0 Å². The summed E-state index contributed by atoms with van der Waals surface area (Å²) in [7, 11) is 1.86. The van der Waals surface area contributed by atoms with Crippen molar-refractivity contribution in [3.8, 4) is 0 Å². The van der Waals surface area contributed by atoms with E-state index in [4.69, 9.17) is 0 Å². The number of aromatic amines is 1. The summed E-state index contributed by atoms with van der Waals surface area (Å²) in [6.07, 6.45) is 0.886. The molecule has 0 saturated carbocycles. The van der Waals surface area contributed by atoms with Gasteiger partial charge in [0.1, 0.15) is 0 Å². The van der Waals surface area contributed by atoms with Gasteiger partial charge in [-0.25, -0.2) is 0 Å². The molecule has 0 aliphatic carbocycles. The van der Waals surface area contributed by atoms with Crippen molar-refractivity contribution in [2.45, 2.75) is 19.9 Å². The second-order valence-corrected chi connectivity index (χ2v) is 5.90. The Morgan fingerprint density at radius 1 is 1.32 bits per heavy atom. The maximum absolute atomic E-state index is 12.6. The lowest BCUT2D eigenvalue weighted by atomic mass is 10.0. The molecule has 1 aliphatic rings. The van der Waals surface area contributed by atoms with Gasteiger partial charge in [0.2, 0.25) is 0 Å². The molecule has 0 atom stereocenters. The SMILES string of the molecule is Cc1cc(C(=O)N2CCc3c([nH]c4ccccc34)C2)nn1C. The number of H-pyrrole nitrogens is 1. The Morgan fingerprint density at radius 3 is 2.91 bits per heavy atom. The van der Waals surface area contributed by atoms with Crippen molar-refractivity contribution < 1.29 is 4.79 Å². The van der Waals surface area contributed by atoms with E-state index in [1.807, 2.05) is 31.0 Å². The van der Waals surface area contributed by atoms with Crippen LogP contribution in [0.15, 0.2) is 30.3 Å². The molecular weight excluding hydrogens is 276 g/mol. The number of nitrogens with one attached hydrogen (secondary N) is 1. The molecule has 0 saturated heterocycles. The molecule has 1 aliphatic heterocycles. The number of fused-ring (bicyclic) bond motifs is 3. The average Bonchev–Trinajstić information content (AvgIpc) is 3.06. The second kappa shape index (κ2) is 4.73. The zero-order valence-electron chi connectivity index (χ0n) is 12.8. The Morgan fingerprint density at radius 2 is 2.14 bits per heavy atom. The molecule has 0 radical (unpaired) electrons. The van der Waals surface area contributed by atoms with Gasteiger partial charge in [0.15, 0.2) is 5.69 Å². The number of aromatic nitrogens is 3. The van der Waals surface area contributed by atoms with E-state index in [0.717, 1.165) is 29.9 Å². The van der Waals surface area contributed by atoms with E-state index in [0.29, 0.717) is 12.2 Å². The van der Waals surface area contributed by atoms with E-state index in [-0.39, 0.29) is 5.91 Å². The number of carbonyl (C=O) groups is 1. The molecule has 1 amide bonds. The molecular formula is C17H18N4O. The summed E-state index contributed by atoms with van der Waals surface area (Å²) in [6, 6.07) is 10.2. The lowest BCUT2D eigenvalue weighted by Crippen LogP contribution is -2.36. The van der Waals surface area contributed by atoms with Gasteiger partial charge in [-0.15, -0.1) is 0 Å². The Hall–Kier alpha value is -2.56. The third-order valence-corrected chi connectivity index (χ3v) is 4.50. The van der Waals surface area contributed by atoms with Crippen molar-refractivity contribution in [1.29, 1.82) is 0 Å². The molecule has 22 heavy (non-hydrogen) atoms. The van der Waals surface area contributed by atoms with Crippen LogP contribution in [0.2, 0.25) is 0 Å². The first-order chi connectivity index (χ1) is 10.6. The van der Waals surface area contributed by atoms with Gasteiger partial charge in [-0.1, -0.05) is 18.2 Å². The molecule has 3 heterocycles. The van der Waals surface area contributed by atoms with Crippen molar-refractivity contribution in [3.63, 3.8) is 0 Å². The van der Waals surface area contributed by atoms with Crippen LogP contribution in [-0.2, 0) is 20.0 Å². The molecule has 1 aromatic carbocycles. The summed E-state index contributed by atoms with van der Waals surface area (Å²) in [4.78, 5) is 18.0. The number of nitrogens with zero attached hydrogens (tertiary/aromatic N) is 3. The quantitative estimate of drug-likeness (QED) is 0.749. The lowest BCUT2D eigenvalue weighted by molar-refractivity contribution is 0.0726. The lowest BCUT2D eigenvalue weighted by Gasteiger charge is -2.26. The Labute approximate surface area is 128 Å². The molecule has 0 fully saturated rings. The van der Waals surface area contributed by atoms with E-state index in [2.05, 4.69) is 28.3 Å². The Kier molecular flexibility index (Phi) is 2.82. The highest BCUT2D eigenvalue weighted by atomic mass is 16.2. The topological polar surface area (TPSA) is 53.9 Å².